The van der Waals surface area contributed by atoms with Crippen LogP contribution in [0.1, 0.15) is 12.6 Å². The van der Waals surface area contributed by atoms with E-state index in [9.17, 15) is 0 Å². The number of aromatic nitrogens is 2. The third-order valence-corrected chi connectivity index (χ3v) is 3.06. The number of aryl methyl sites for hydroxylation is 2. The number of benzene rings is 1. The zero-order valence-electron chi connectivity index (χ0n) is 10.7. The van der Waals surface area contributed by atoms with Gasteiger partial charge in [0.05, 0.1) is 12.8 Å². The summed E-state index contributed by atoms with van der Waals surface area (Å²) >= 11 is 3.46. The van der Waals surface area contributed by atoms with Crippen molar-refractivity contribution in [2.45, 2.75) is 20.4 Å². The summed E-state index contributed by atoms with van der Waals surface area (Å²) in [6.45, 7) is 4.96. The van der Waals surface area contributed by atoms with E-state index in [-0.39, 0.29) is 0 Å². The van der Waals surface area contributed by atoms with E-state index in [1.54, 1.807) is 7.11 Å². The van der Waals surface area contributed by atoms with Crippen molar-refractivity contribution >= 4 is 27.6 Å². The van der Waals surface area contributed by atoms with Crippen molar-refractivity contribution in [2.75, 3.05) is 12.4 Å². The van der Waals surface area contributed by atoms with E-state index in [0.29, 0.717) is 0 Å². The molecule has 0 bridgehead atoms. The SMILES string of the molecule is CCn1cc(C)nc1Nc1cc(Br)cc(OC)c1. The van der Waals surface area contributed by atoms with E-state index in [2.05, 4.69) is 37.7 Å². The molecule has 1 N–H and O–H groups in total. The third-order valence-electron chi connectivity index (χ3n) is 2.60. The van der Waals surface area contributed by atoms with Crippen LogP contribution < -0.4 is 10.1 Å². The van der Waals surface area contributed by atoms with Crippen LogP contribution in [-0.2, 0) is 6.54 Å². The van der Waals surface area contributed by atoms with Crippen LogP contribution in [0.15, 0.2) is 28.9 Å². The highest BCUT2D eigenvalue weighted by molar-refractivity contribution is 9.10. The standard InChI is InChI=1S/C13H16BrN3O/c1-4-17-8-9(2)15-13(17)16-11-5-10(14)6-12(7-11)18-3/h5-8H,4H2,1-3H3,(H,15,16). The van der Waals surface area contributed by atoms with E-state index in [0.717, 1.165) is 34.1 Å². The van der Waals surface area contributed by atoms with Crippen LogP contribution in [0.2, 0.25) is 0 Å². The maximum absolute atomic E-state index is 5.24. The lowest BCUT2D eigenvalue weighted by atomic mass is 10.3. The van der Waals surface area contributed by atoms with Gasteiger partial charge in [-0.15, -0.1) is 0 Å². The van der Waals surface area contributed by atoms with Gasteiger partial charge in [-0.05, 0) is 26.0 Å². The second kappa shape index (κ2) is 5.44. The average Bonchev–Trinajstić information content (AvgIpc) is 2.68. The van der Waals surface area contributed by atoms with Crippen molar-refractivity contribution in [1.29, 1.82) is 0 Å². The van der Waals surface area contributed by atoms with Crippen LogP contribution in [-0.4, -0.2) is 16.7 Å². The normalized spacial score (nSPS) is 10.4. The molecule has 1 aromatic carbocycles. The smallest absolute Gasteiger partial charge is 0.207 e. The first-order valence-electron chi connectivity index (χ1n) is 5.77. The van der Waals surface area contributed by atoms with Gasteiger partial charge in [0.25, 0.3) is 0 Å². The van der Waals surface area contributed by atoms with E-state index in [1.807, 2.05) is 31.3 Å². The van der Waals surface area contributed by atoms with Crippen LogP contribution in [0.4, 0.5) is 11.6 Å². The zero-order chi connectivity index (χ0) is 13.1. The van der Waals surface area contributed by atoms with E-state index >= 15 is 0 Å². The average molecular weight is 310 g/mol. The maximum Gasteiger partial charge on any atom is 0.207 e. The van der Waals surface area contributed by atoms with Gasteiger partial charge >= 0.3 is 0 Å². The summed E-state index contributed by atoms with van der Waals surface area (Å²) in [7, 11) is 1.66. The molecule has 0 atom stereocenters. The monoisotopic (exact) mass is 309 g/mol. The summed E-state index contributed by atoms with van der Waals surface area (Å²) < 4.78 is 8.28. The molecule has 0 fully saturated rings. The quantitative estimate of drug-likeness (QED) is 0.935. The number of hydrogen-bond acceptors (Lipinski definition) is 3. The van der Waals surface area contributed by atoms with Gasteiger partial charge in [0, 0.05) is 29.0 Å². The molecule has 0 spiro atoms. The lowest BCUT2D eigenvalue weighted by molar-refractivity contribution is 0.415. The minimum atomic E-state index is 0.804. The lowest BCUT2D eigenvalue weighted by Gasteiger charge is -2.09. The van der Waals surface area contributed by atoms with Gasteiger partial charge in [0.1, 0.15) is 5.75 Å². The fourth-order valence-electron chi connectivity index (χ4n) is 1.77. The van der Waals surface area contributed by atoms with Crippen molar-refractivity contribution in [3.8, 4) is 5.75 Å². The van der Waals surface area contributed by atoms with Crippen LogP contribution in [0.25, 0.3) is 0 Å². The van der Waals surface area contributed by atoms with Gasteiger partial charge in [-0.1, -0.05) is 15.9 Å². The first kappa shape index (κ1) is 13.0. The van der Waals surface area contributed by atoms with Gasteiger partial charge in [-0.3, -0.25) is 0 Å². The van der Waals surface area contributed by atoms with Crippen LogP contribution in [0, 0.1) is 6.92 Å². The Balaban J connectivity index is 2.30. The van der Waals surface area contributed by atoms with Gasteiger partial charge in [0.2, 0.25) is 5.95 Å². The molecule has 0 aliphatic carbocycles. The van der Waals surface area contributed by atoms with E-state index in [1.165, 1.54) is 0 Å². The topological polar surface area (TPSA) is 39.1 Å². The number of halogens is 1. The number of methoxy groups -OCH3 is 1. The Kier molecular flexibility index (Phi) is 3.91. The Morgan fingerprint density at radius 2 is 2.17 bits per heavy atom. The Labute approximate surface area is 115 Å². The van der Waals surface area contributed by atoms with Crippen molar-refractivity contribution in [3.05, 3.63) is 34.6 Å². The third kappa shape index (κ3) is 2.85. The maximum atomic E-state index is 5.24. The highest BCUT2D eigenvalue weighted by Crippen LogP contribution is 2.26. The summed E-state index contributed by atoms with van der Waals surface area (Å²) in [5.74, 6) is 1.65. The molecule has 18 heavy (non-hydrogen) atoms. The molecule has 4 nitrogen and oxygen atoms in total. The van der Waals surface area contributed by atoms with Crippen molar-refractivity contribution in [3.63, 3.8) is 0 Å². The van der Waals surface area contributed by atoms with Gasteiger partial charge in [-0.25, -0.2) is 4.98 Å². The molecule has 96 valence electrons. The Bertz CT molecular complexity index is 551. The fraction of sp³-hybridized carbons (Fsp3) is 0.308. The van der Waals surface area contributed by atoms with Crippen LogP contribution >= 0.6 is 15.9 Å². The molecular formula is C13H16BrN3O. The Morgan fingerprint density at radius 1 is 1.39 bits per heavy atom. The van der Waals surface area contributed by atoms with E-state index < -0.39 is 0 Å². The number of hydrogen-bond donors (Lipinski definition) is 1. The number of nitrogens with one attached hydrogen (secondary N) is 1. The molecule has 1 heterocycles. The fourth-order valence-corrected chi connectivity index (χ4v) is 2.24. The molecule has 0 radical (unpaired) electrons. The molecule has 0 amide bonds. The summed E-state index contributed by atoms with van der Waals surface area (Å²) in [6, 6.07) is 5.85. The number of rotatable bonds is 4. The van der Waals surface area contributed by atoms with E-state index in [4.69, 9.17) is 4.74 Å². The summed E-state index contributed by atoms with van der Waals surface area (Å²) in [4.78, 5) is 4.46. The van der Waals surface area contributed by atoms with Crippen molar-refractivity contribution in [2.24, 2.45) is 0 Å². The summed E-state index contributed by atoms with van der Waals surface area (Å²) in [5.41, 5.74) is 1.95. The molecule has 0 aliphatic heterocycles. The second-order valence-electron chi connectivity index (χ2n) is 4.00. The number of imidazole rings is 1. The Morgan fingerprint density at radius 3 is 2.83 bits per heavy atom. The number of anilines is 2. The highest BCUT2D eigenvalue weighted by Gasteiger charge is 2.06. The first-order chi connectivity index (χ1) is 8.62. The molecular weight excluding hydrogens is 294 g/mol. The summed E-state index contributed by atoms with van der Waals surface area (Å²) in [5, 5.41) is 3.30. The molecule has 0 saturated heterocycles. The minimum absolute atomic E-state index is 0.804. The molecule has 0 unspecified atom stereocenters. The molecule has 2 aromatic rings. The molecule has 0 aliphatic rings. The van der Waals surface area contributed by atoms with Crippen LogP contribution in [0.3, 0.4) is 0 Å². The molecule has 1 aromatic heterocycles. The highest BCUT2D eigenvalue weighted by atomic mass is 79.9. The largest absolute Gasteiger partial charge is 0.497 e. The number of ether oxygens (including phenoxy) is 1. The minimum Gasteiger partial charge on any atom is -0.497 e. The first-order valence-corrected chi connectivity index (χ1v) is 6.57. The Hall–Kier alpha value is -1.49. The van der Waals surface area contributed by atoms with Gasteiger partial charge in [0.15, 0.2) is 0 Å². The summed E-state index contributed by atoms with van der Waals surface area (Å²) in [6.07, 6.45) is 2.03. The lowest BCUT2D eigenvalue weighted by Crippen LogP contribution is -2.01. The zero-order valence-corrected chi connectivity index (χ0v) is 12.3. The van der Waals surface area contributed by atoms with Crippen LogP contribution in [0.5, 0.6) is 5.75 Å². The second-order valence-corrected chi connectivity index (χ2v) is 4.91. The van der Waals surface area contributed by atoms with Gasteiger partial charge in [-0.2, -0.15) is 0 Å². The van der Waals surface area contributed by atoms with Gasteiger partial charge < -0.3 is 14.6 Å². The predicted molar refractivity (Wildman–Crippen MR) is 76.6 cm³/mol. The predicted octanol–water partition coefficient (Wildman–Crippen LogP) is 3.73. The molecule has 0 saturated carbocycles. The van der Waals surface area contributed by atoms with Crippen molar-refractivity contribution < 1.29 is 4.74 Å². The molecule has 5 heteroatoms. The van der Waals surface area contributed by atoms with Crippen molar-refractivity contribution in [1.82, 2.24) is 9.55 Å². The number of nitrogens with zero attached hydrogens (tertiary/aromatic N) is 2. The molecule has 2 rings (SSSR count).